The quantitative estimate of drug-likeness (QED) is 0.400. The fourth-order valence-corrected chi connectivity index (χ4v) is 5.73. The van der Waals surface area contributed by atoms with Gasteiger partial charge in [0.1, 0.15) is 11.5 Å². The summed E-state index contributed by atoms with van der Waals surface area (Å²) in [6.07, 6.45) is -0.876. The molecule has 1 saturated carbocycles. The van der Waals surface area contributed by atoms with Crippen molar-refractivity contribution in [2.75, 3.05) is 5.75 Å². The van der Waals surface area contributed by atoms with Gasteiger partial charge >= 0.3 is 6.18 Å². The van der Waals surface area contributed by atoms with E-state index in [1.807, 2.05) is 6.92 Å². The Bertz CT molecular complexity index is 1480. The maximum Gasteiger partial charge on any atom is 0.417 e. The topological polar surface area (TPSA) is 114 Å². The highest BCUT2D eigenvalue weighted by molar-refractivity contribution is 7.91. The van der Waals surface area contributed by atoms with E-state index in [1.54, 1.807) is 11.5 Å². The van der Waals surface area contributed by atoms with Crippen LogP contribution in [0.2, 0.25) is 0 Å². The third-order valence-electron chi connectivity index (χ3n) is 7.42. The Hall–Kier alpha value is -3.25. The molecule has 1 aliphatic rings. The average Bonchev–Trinajstić information content (AvgIpc) is 3.21. The number of amides is 1. The zero-order chi connectivity index (χ0) is 28.6. The van der Waals surface area contributed by atoms with Gasteiger partial charge in [-0.15, -0.1) is 0 Å². The van der Waals surface area contributed by atoms with Gasteiger partial charge in [-0.2, -0.15) is 13.2 Å². The van der Waals surface area contributed by atoms with Crippen LogP contribution in [0.15, 0.2) is 41.4 Å². The molecule has 0 atom stereocenters. The van der Waals surface area contributed by atoms with Crippen LogP contribution in [0.1, 0.15) is 77.5 Å². The number of aliphatic hydroxyl groups excluding tert-OH is 1. The molecule has 39 heavy (non-hydrogen) atoms. The number of nitrogens with one attached hydrogen (secondary N) is 1. The van der Waals surface area contributed by atoms with Gasteiger partial charge in [0.25, 0.3) is 5.91 Å². The van der Waals surface area contributed by atoms with Gasteiger partial charge in [0.2, 0.25) is 0 Å². The molecule has 0 bridgehead atoms. The smallest absolute Gasteiger partial charge is 0.392 e. The minimum Gasteiger partial charge on any atom is -0.392 e. The molecule has 1 amide bonds. The number of rotatable bonds is 9. The fourth-order valence-electron chi connectivity index (χ4n) is 4.91. The van der Waals surface area contributed by atoms with E-state index in [-0.39, 0.29) is 46.0 Å². The van der Waals surface area contributed by atoms with Gasteiger partial charge < -0.3 is 15.0 Å². The summed E-state index contributed by atoms with van der Waals surface area (Å²) in [7, 11) is -3.40. The number of hydrogen-bond acceptors (Lipinski definition) is 6. The van der Waals surface area contributed by atoms with Crippen molar-refractivity contribution in [3.63, 3.8) is 0 Å². The molecular weight excluding hydrogens is 533 g/mol. The number of aliphatic hydroxyl groups is 1. The lowest BCUT2D eigenvalue weighted by atomic mass is 9.70. The van der Waals surface area contributed by atoms with Crippen LogP contribution in [0.4, 0.5) is 13.2 Å². The lowest BCUT2D eigenvalue weighted by molar-refractivity contribution is -0.139. The van der Waals surface area contributed by atoms with Crippen molar-refractivity contribution in [3.8, 4) is 0 Å². The van der Waals surface area contributed by atoms with E-state index in [1.165, 1.54) is 43.5 Å². The van der Waals surface area contributed by atoms with Gasteiger partial charge in [0.05, 0.1) is 35.1 Å². The Morgan fingerprint density at radius 3 is 2.41 bits per heavy atom. The van der Waals surface area contributed by atoms with Crippen LogP contribution in [0.3, 0.4) is 0 Å². The summed E-state index contributed by atoms with van der Waals surface area (Å²) in [5.74, 6) is -0.0169. The molecule has 1 aliphatic carbocycles. The van der Waals surface area contributed by atoms with Crippen LogP contribution in [0.5, 0.6) is 0 Å². The zero-order valence-corrected chi connectivity index (χ0v) is 22.8. The maximum atomic E-state index is 14.0. The first-order valence-electron chi connectivity index (χ1n) is 12.6. The SMILES string of the molecule is CCS(=O)(=O)c1ccc(CNC(=O)c2nc(C3(C)CCC3)n(Cc3cccc(CO)c3C(F)(F)F)c2C)nc1. The standard InChI is InChI=1S/C27H31F3N4O4S/c1-4-39(37,38)21-10-9-20(31-14-21)13-32-24(36)23-17(2)34(25(33-23)26(3)11-6-12-26)15-18-7-5-8-19(16-35)22(18)27(28,29)30/h5,7-10,14,35H,4,6,11-13,15-16H2,1-3H3,(H,32,36). The Kier molecular flexibility index (Phi) is 7.91. The van der Waals surface area contributed by atoms with Gasteiger partial charge in [-0.25, -0.2) is 13.4 Å². The molecule has 2 heterocycles. The summed E-state index contributed by atoms with van der Waals surface area (Å²) in [5.41, 5.74) is -0.508. The number of sulfone groups is 1. The van der Waals surface area contributed by atoms with E-state index < -0.39 is 34.1 Å². The monoisotopic (exact) mass is 564 g/mol. The van der Waals surface area contributed by atoms with Crippen molar-refractivity contribution in [2.45, 2.75) is 76.2 Å². The molecule has 2 aromatic heterocycles. The van der Waals surface area contributed by atoms with E-state index in [4.69, 9.17) is 0 Å². The average molecular weight is 565 g/mol. The Morgan fingerprint density at radius 1 is 1.18 bits per heavy atom. The van der Waals surface area contributed by atoms with Gasteiger partial charge in [-0.3, -0.25) is 9.78 Å². The minimum atomic E-state index is -4.66. The van der Waals surface area contributed by atoms with E-state index in [0.717, 1.165) is 19.3 Å². The Balaban J connectivity index is 1.64. The number of carbonyl (C=O) groups excluding carboxylic acids is 1. The molecule has 1 aromatic carbocycles. The van der Waals surface area contributed by atoms with Crippen LogP contribution in [-0.4, -0.2) is 39.7 Å². The second-order valence-corrected chi connectivity index (χ2v) is 12.3. The highest BCUT2D eigenvalue weighted by atomic mass is 32.2. The predicted molar refractivity (Wildman–Crippen MR) is 138 cm³/mol. The molecule has 12 heteroatoms. The van der Waals surface area contributed by atoms with Gasteiger partial charge in [-0.05, 0) is 43.0 Å². The van der Waals surface area contributed by atoms with Gasteiger partial charge in [-0.1, -0.05) is 38.5 Å². The summed E-state index contributed by atoms with van der Waals surface area (Å²) in [4.78, 5) is 22.0. The second kappa shape index (κ2) is 10.7. The summed E-state index contributed by atoms with van der Waals surface area (Å²) in [6, 6.07) is 7.05. The molecule has 8 nitrogen and oxygen atoms in total. The molecule has 0 aliphatic heterocycles. The van der Waals surface area contributed by atoms with Crippen molar-refractivity contribution in [1.82, 2.24) is 19.9 Å². The summed E-state index contributed by atoms with van der Waals surface area (Å²) in [5, 5.41) is 12.3. The van der Waals surface area contributed by atoms with Crippen LogP contribution >= 0.6 is 0 Å². The molecule has 210 valence electrons. The Morgan fingerprint density at radius 2 is 1.87 bits per heavy atom. The Labute approximate surface area is 225 Å². The number of imidazole rings is 1. The number of carbonyl (C=O) groups is 1. The zero-order valence-electron chi connectivity index (χ0n) is 22.0. The summed E-state index contributed by atoms with van der Waals surface area (Å²) in [6.45, 7) is 4.29. The summed E-state index contributed by atoms with van der Waals surface area (Å²) < 4.78 is 67.6. The van der Waals surface area contributed by atoms with Crippen molar-refractivity contribution < 1.29 is 31.5 Å². The molecule has 0 saturated heterocycles. The van der Waals surface area contributed by atoms with Gasteiger partial charge in [0, 0.05) is 23.9 Å². The molecule has 4 rings (SSSR count). The van der Waals surface area contributed by atoms with Crippen LogP contribution in [0.25, 0.3) is 0 Å². The first-order valence-corrected chi connectivity index (χ1v) is 14.3. The largest absolute Gasteiger partial charge is 0.417 e. The van der Waals surface area contributed by atoms with Crippen LogP contribution < -0.4 is 5.32 Å². The van der Waals surface area contributed by atoms with Crippen molar-refractivity contribution in [2.24, 2.45) is 0 Å². The minimum absolute atomic E-state index is 0.0148. The lowest BCUT2D eigenvalue weighted by Gasteiger charge is -2.38. The molecular formula is C27H31F3N4O4S. The predicted octanol–water partition coefficient (Wildman–Crippen LogP) is 4.31. The van der Waals surface area contributed by atoms with E-state index in [2.05, 4.69) is 15.3 Å². The number of aromatic nitrogens is 3. The molecule has 2 N–H and O–H groups in total. The first kappa shape index (κ1) is 28.8. The maximum absolute atomic E-state index is 14.0. The third kappa shape index (κ3) is 5.72. The van der Waals surface area contributed by atoms with E-state index in [0.29, 0.717) is 17.2 Å². The normalized spacial score (nSPS) is 15.2. The molecule has 0 spiro atoms. The molecule has 0 radical (unpaired) electrons. The number of hydrogen-bond donors (Lipinski definition) is 2. The van der Waals surface area contributed by atoms with Crippen molar-refractivity contribution in [1.29, 1.82) is 0 Å². The van der Waals surface area contributed by atoms with Crippen LogP contribution in [-0.2, 0) is 41.1 Å². The molecule has 0 unspecified atom stereocenters. The second-order valence-electron chi connectivity index (χ2n) is 10.0. The molecule has 3 aromatic rings. The van der Waals surface area contributed by atoms with E-state index in [9.17, 15) is 31.5 Å². The number of halogens is 3. The fraction of sp³-hybridized carbons (Fsp3) is 0.444. The van der Waals surface area contributed by atoms with E-state index >= 15 is 0 Å². The molecule has 1 fully saturated rings. The number of pyridine rings is 1. The number of benzene rings is 1. The first-order chi connectivity index (χ1) is 18.3. The van der Waals surface area contributed by atoms with Crippen molar-refractivity contribution >= 4 is 15.7 Å². The lowest BCUT2D eigenvalue weighted by Crippen LogP contribution is -2.34. The highest BCUT2D eigenvalue weighted by Gasteiger charge is 2.41. The highest BCUT2D eigenvalue weighted by Crippen LogP contribution is 2.44. The van der Waals surface area contributed by atoms with Crippen LogP contribution in [0, 0.1) is 6.92 Å². The number of nitrogens with zero attached hydrogens (tertiary/aromatic N) is 3. The van der Waals surface area contributed by atoms with Gasteiger partial charge in [0.15, 0.2) is 9.84 Å². The number of alkyl halides is 3. The van der Waals surface area contributed by atoms with Crippen molar-refractivity contribution in [3.05, 3.63) is 76.1 Å². The summed E-state index contributed by atoms with van der Waals surface area (Å²) >= 11 is 0. The third-order valence-corrected chi connectivity index (χ3v) is 9.14.